The molecule has 0 spiro atoms. The number of benzene rings is 1. The van der Waals surface area contributed by atoms with Crippen LogP contribution in [-0.2, 0) is 6.18 Å². The molecule has 2 amide bonds. The number of carbonyl (C=O) groups is 1. The zero-order valence-electron chi connectivity index (χ0n) is 13.1. The van der Waals surface area contributed by atoms with Gasteiger partial charge in [0.1, 0.15) is 0 Å². The van der Waals surface area contributed by atoms with Gasteiger partial charge >= 0.3 is 12.2 Å². The average Bonchev–Trinajstić information content (AvgIpc) is 3.09. The molecule has 2 aromatic rings. The number of halogens is 5. The fraction of sp³-hybridized carbons (Fsp3) is 0.357. The number of nitrogens with one attached hydrogen (secondary N) is 1. The van der Waals surface area contributed by atoms with Crippen LogP contribution in [0.15, 0.2) is 22.7 Å². The van der Waals surface area contributed by atoms with E-state index in [-0.39, 0.29) is 11.2 Å². The lowest BCUT2D eigenvalue weighted by atomic mass is 10.3. The number of anilines is 2. The van der Waals surface area contributed by atoms with Gasteiger partial charge in [-0.25, -0.2) is 4.79 Å². The molecule has 1 aromatic heterocycles. The minimum Gasteiger partial charge on any atom is -0.343 e. The second-order valence-electron chi connectivity index (χ2n) is 5.42. The van der Waals surface area contributed by atoms with Crippen LogP contribution in [0.2, 0.25) is 5.02 Å². The molecule has 26 heavy (non-hydrogen) atoms. The van der Waals surface area contributed by atoms with Crippen molar-refractivity contribution in [3.05, 3.63) is 32.7 Å². The van der Waals surface area contributed by atoms with Crippen molar-refractivity contribution in [1.29, 1.82) is 0 Å². The predicted molar refractivity (Wildman–Crippen MR) is 96.9 cm³/mol. The summed E-state index contributed by atoms with van der Waals surface area (Å²) in [6.07, 6.45) is -4.50. The van der Waals surface area contributed by atoms with Gasteiger partial charge < -0.3 is 15.1 Å². The number of carbonyl (C=O) groups excluding carboxylic acids is 1. The highest BCUT2D eigenvalue weighted by molar-refractivity contribution is 9.10. The van der Waals surface area contributed by atoms with Gasteiger partial charge in [0.2, 0.25) is 10.1 Å². The van der Waals surface area contributed by atoms with Gasteiger partial charge in [-0.2, -0.15) is 13.2 Å². The van der Waals surface area contributed by atoms with Crippen LogP contribution in [0.5, 0.6) is 0 Å². The van der Waals surface area contributed by atoms with E-state index in [1.807, 2.05) is 0 Å². The first-order valence-electron chi connectivity index (χ1n) is 7.40. The van der Waals surface area contributed by atoms with Crippen molar-refractivity contribution in [2.75, 3.05) is 36.4 Å². The molecular formula is C14H12BrClF3N5OS. The number of hydrogen-bond donors (Lipinski definition) is 1. The number of aromatic nitrogens is 2. The van der Waals surface area contributed by atoms with Gasteiger partial charge in [-0.3, -0.25) is 0 Å². The molecule has 1 aliphatic rings. The Morgan fingerprint density at radius 2 is 1.92 bits per heavy atom. The number of nitrogens with zero attached hydrogens (tertiary/aromatic N) is 4. The van der Waals surface area contributed by atoms with Crippen molar-refractivity contribution < 1.29 is 18.0 Å². The minimum atomic E-state index is -4.50. The lowest BCUT2D eigenvalue weighted by molar-refractivity contribution is -0.138. The number of urea groups is 1. The molecule has 1 N–H and O–H groups in total. The van der Waals surface area contributed by atoms with Crippen molar-refractivity contribution in [2.45, 2.75) is 6.18 Å². The summed E-state index contributed by atoms with van der Waals surface area (Å²) in [7, 11) is 0. The molecule has 0 aliphatic carbocycles. The van der Waals surface area contributed by atoms with E-state index in [0.717, 1.165) is 0 Å². The zero-order chi connectivity index (χ0) is 18.9. The molecule has 1 aromatic carbocycles. The molecule has 0 unspecified atom stereocenters. The quantitative estimate of drug-likeness (QED) is 0.710. The molecule has 1 saturated heterocycles. The van der Waals surface area contributed by atoms with E-state index in [4.69, 9.17) is 11.6 Å². The van der Waals surface area contributed by atoms with Crippen molar-refractivity contribution >= 4 is 55.7 Å². The minimum absolute atomic E-state index is 0.207. The van der Waals surface area contributed by atoms with Crippen LogP contribution in [0.4, 0.5) is 28.8 Å². The Balaban J connectivity index is 1.57. The van der Waals surface area contributed by atoms with Crippen LogP contribution in [0.25, 0.3) is 0 Å². The van der Waals surface area contributed by atoms with Gasteiger partial charge in [0, 0.05) is 36.3 Å². The van der Waals surface area contributed by atoms with E-state index in [9.17, 15) is 18.0 Å². The first-order valence-corrected chi connectivity index (χ1v) is 9.39. The van der Waals surface area contributed by atoms with E-state index in [1.165, 1.54) is 0 Å². The Hall–Kier alpha value is -1.59. The third-order valence-corrected chi connectivity index (χ3v) is 5.91. The monoisotopic (exact) mass is 469 g/mol. The smallest absolute Gasteiger partial charge is 0.343 e. The maximum atomic E-state index is 12.6. The fourth-order valence-electron chi connectivity index (χ4n) is 2.34. The van der Waals surface area contributed by atoms with Gasteiger partial charge in [-0.05, 0) is 34.1 Å². The normalized spacial score (nSPS) is 15.3. The fourth-order valence-corrected chi connectivity index (χ4v) is 3.60. The second-order valence-corrected chi connectivity index (χ2v) is 7.64. The van der Waals surface area contributed by atoms with Gasteiger partial charge in [0.05, 0.1) is 5.02 Å². The van der Waals surface area contributed by atoms with E-state index in [2.05, 4.69) is 31.4 Å². The molecule has 140 valence electrons. The number of rotatable bonds is 2. The maximum absolute atomic E-state index is 12.6. The largest absolute Gasteiger partial charge is 0.445 e. The average molecular weight is 471 g/mol. The third-order valence-electron chi connectivity index (χ3n) is 3.67. The summed E-state index contributed by atoms with van der Waals surface area (Å²) in [6.45, 7) is 1.48. The summed E-state index contributed by atoms with van der Waals surface area (Å²) >= 11 is 9.70. The van der Waals surface area contributed by atoms with E-state index in [1.54, 1.807) is 28.0 Å². The van der Waals surface area contributed by atoms with Crippen LogP contribution < -0.4 is 10.2 Å². The summed E-state index contributed by atoms with van der Waals surface area (Å²) < 4.78 is 38.5. The van der Waals surface area contributed by atoms with Gasteiger partial charge in [-0.15, -0.1) is 10.2 Å². The first kappa shape index (κ1) is 19.2. The molecule has 0 radical (unpaired) electrons. The van der Waals surface area contributed by atoms with Crippen LogP contribution in [0.1, 0.15) is 5.01 Å². The standard InChI is InChI=1S/C14H12BrClF3N5OS/c15-9-7-8(1-2-10(9)16)20-12(25)23-3-5-24(6-4-23)13-22-21-11(26-13)14(17,18)19/h1-2,7H,3-6H2,(H,20,25). The summed E-state index contributed by atoms with van der Waals surface area (Å²) in [6, 6.07) is 4.75. The molecule has 1 fully saturated rings. The summed E-state index contributed by atoms with van der Waals surface area (Å²) in [5, 5.41) is 9.32. The highest BCUT2D eigenvalue weighted by Gasteiger charge is 2.36. The molecule has 0 saturated carbocycles. The Morgan fingerprint density at radius 3 is 2.50 bits per heavy atom. The molecule has 12 heteroatoms. The van der Waals surface area contributed by atoms with E-state index in [0.29, 0.717) is 52.7 Å². The Bertz CT molecular complexity index is 810. The summed E-state index contributed by atoms with van der Waals surface area (Å²) in [5.41, 5.74) is 0.590. The zero-order valence-corrected chi connectivity index (χ0v) is 16.2. The third kappa shape index (κ3) is 4.38. The van der Waals surface area contributed by atoms with Crippen LogP contribution in [0, 0.1) is 0 Å². The number of alkyl halides is 3. The Kier molecular flexibility index (Phi) is 5.58. The van der Waals surface area contributed by atoms with E-state index < -0.39 is 11.2 Å². The van der Waals surface area contributed by atoms with Gasteiger partial charge in [0.15, 0.2) is 0 Å². The topological polar surface area (TPSA) is 61.4 Å². The van der Waals surface area contributed by atoms with Crippen molar-refractivity contribution in [1.82, 2.24) is 15.1 Å². The van der Waals surface area contributed by atoms with Gasteiger partial charge in [0.25, 0.3) is 0 Å². The lowest BCUT2D eigenvalue weighted by Crippen LogP contribution is -2.50. The highest BCUT2D eigenvalue weighted by Crippen LogP contribution is 2.34. The molecule has 2 heterocycles. The maximum Gasteiger partial charge on any atom is 0.445 e. The second kappa shape index (κ2) is 7.57. The SMILES string of the molecule is O=C(Nc1ccc(Cl)c(Br)c1)N1CCN(c2nnc(C(F)(F)F)s2)CC1. The number of amides is 2. The van der Waals surface area contributed by atoms with Crippen LogP contribution >= 0.6 is 38.9 Å². The van der Waals surface area contributed by atoms with Crippen LogP contribution in [-0.4, -0.2) is 47.3 Å². The lowest BCUT2D eigenvalue weighted by Gasteiger charge is -2.34. The predicted octanol–water partition coefficient (Wildman–Crippen LogP) is 4.33. The molecule has 6 nitrogen and oxygen atoms in total. The summed E-state index contributed by atoms with van der Waals surface area (Å²) in [4.78, 5) is 15.6. The number of piperazine rings is 1. The van der Waals surface area contributed by atoms with Crippen molar-refractivity contribution in [2.24, 2.45) is 0 Å². The van der Waals surface area contributed by atoms with Crippen LogP contribution in [0.3, 0.4) is 0 Å². The van der Waals surface area contributed by atoms with Crippen molar-refractivity contribution in [3.63, 3.8) is 0 Å². The highest BCUT2D eigenvalue weighted by atomic mass is 79.9. The molecule has 3 rings (SSSR count). The Labute approximate surface area is 164 Å². The molecule has 0 atom stereocenters. The first-order chi connectivity index (χ1) is 12.2. The molecule has 0 bridgehead atoms. The molecular weight excluding hydrogens is 459 g/mol. The molecule has 1 aliphatic heterocycles. The number of hydrogen-bond acceptors (Lipinski definition) is 5. The summed E-state index contributed by atoms with van der Waals surface area (Å²) in [5.74, 6) is 0. The Morgan fingerprint density at radius 1 is 1.23 bits per heavy atom. The van der Waals surface area contributed by atoms with E-state index >= 15 is 0 Å². The van der Waals surface area contributed by atoms with Crippen molar-refractivity contribution in [3.8, 4) is 0 Å². The van der Waals surface area contributed by atoms with Gasteiger partial charge in [-0.1, -0.05) is 22.9 Å².